The molecular formula is C25H30ClNO3. The third-order valence-electron chi connectivity index (χ3n) is 6.96. The second-order valence-corrected chi connectivity index (χ2v) is 9.48. The summed E-state index contributed by atoms with van der Waals surface area (Å²) < 4.78 is 0. The molecule has 1 saturated carbocycles. The lowest BCUT2D eigenvalue weighted by molar-refractivity contribution is -0.137. The van der Waals surface area contributed by atoms with Crippen LogP contribution in [0.25, 0.3) is 11.1 Å². The van der Waals surface area contributed by atoms with Crippen LogP contribution in [0.2, 0.25) is 5.02 Å². The Balaban J connectivity index is 1.46. The molecule has 5 heteroatoms. The molecule has 0 bridgehead atoms. The van der Waals surface area contributed by atoms with E-state index in [0.717, 1.165) is 60.9 Å². The van der Waals surface area contributed by atoms with E-state index in [-0.39, 0.29) is 30.1 Å². The van der Waals surface area contributed by atoms with Crippen molar-refractivity contribution in [1.82, 2.24) is 4.90 Å². The van der Waals surface area contributed by atoms with Crippen LogP contribution in [0.1, 0.15) is 50.2 Å². The number of rotatable bonds is 5. The lowest BCUT2D eigenvalue weighted by Crippen LogP contribution is -2.50. The first-order chi connectivity index (χ1) is 14.4. The van der Waals surface area contributed by atoms with Crippen LogP contribution in [0.4, 0.5) is 0 Å². The van der Waals surface area contributed by atoms with Gasteiger partial charge >= 0.3 is 0 Å². The summed E-state index contributed by atoms with van der Waals surface area (Å²) >= 11 is 6.61. The Morgan fingerprint density at radius 1 is 1.10 bits per heavy atom. The quantitative estimate of drug-likeness (QED) is 0.733. The van der Waals surface area contributed by atoms with Gasteiger partial charge in [-0.25, -0.2) is 0 Å². The Morgan fingerprint density at radius 2 is 1.83 bits per heavy atom. The predicted molar refractivity (Wildman–Crippen MR) is 119 cm³/mol. The number of halogens is 1. The number of aliphatic hydroxyl groups excluding tert-OH is 2. The summed E-state index contributed by atoms with van der Waals surface area (Å²) in [6.45, 7) is 2.97. The lowest BCUT2D eigenvalue weighted by Gasteiger charge is -2.43. The summed E-state index contributed by atoms with van der Waals surface area (Å²) in [5, 5.41) is 19.9. The van der Waals surface area contributed by atoms with Gasteiger partial charge in [-0.05, 0) is 79.8 Å². The van der Waals surface area contributed by atoms with Crippen molar-refractivity contribution in [3.63, 3.8) is 0 Å². The maximum atomic E-state index is 13.2. The first-order valence-electron chi connectivity index (χ1n) is 10.9. The lowest BCUT2D eigenvalue weighted by atomic mass is 9.80. The van der Waals surface area contributed by atoms with Crippen molar-refractivity contribution >= 4 is 17.5 Å². The van der Waals surface area contributed by atoms with E-state index in [0.29, 0.717) is 11.4 Å². The summed E-state index contributed by atoms with van der Waals surface area (Å²) in [5.41, 5.74) is 3.77. The minimum atomic E-state index is -0.220. The van der Waals surface area contributed by atoms with Crippen LogP contribution in [0, 0.1) is 5.92 Å². The molecule has 2 fully saturated rings. The van der Waals surface area contributed by atoms with E-state index in [2.05, 4.69) is 11.8 Å². The highest BCUT2D eigenvalue weighted by atomic mass is 35.5. The number of nitrogens with zero attached hydrogens (tertiary/aromatic N) is 1. The van der Waals surface area contributed by atoms with Crippen LogP contribution >= 0.6 is 11.6 Å². The maximum Gasteiger partial charge on any atom is 0.226 e. The zero-order valence-electron chi connectivity index (χ0n) is 17.5. The average molecular weight is 428 g/mol. The molecule has 2 N–H and O–H groups in total. The topological polar surface area (TPSA) is 60.8 Å². The standard InChI is InChI=1S/C25H30ClNO3/c1-25(10-7-22(29)8-11-25)27-12-9-21(24(27)30)14-20-6-5-19(15-23(20)26)18-4-2-3-17(13-18)16-28/h2-6,13,15,21-22,28-29H,7-12,14,16H2,1H3. The molecule has 4 rings (SSSR count). The molecule has 1 heterocycles. The van der Waals surface area contributed by atoms with Gasteiger partial charge in [0.1, 0.15) is 0 Å². The van der Waals surface area contributed by atoms with E-state index in [4.69, 9.17) is 11.6 Å². The Kier molecular flexibility index (Phi) is 6.19. The zero-order valence-corrected chi connectivity index (χ0v) is 18.2. The first kappa shape index (κ1) is 21.4. The van der Waals surface area contributed by atoms with E-state index in [9.17, 15) is 15.0 Å². The van der Waals surface area contributed by atoms with Crippen molar-refractivity contribution in [3.8, 4) is 11.1 Å². The molecule has 4 nitrogen and oxygen atoms in total. The maximum absolute atomic E-state index is 13.2. The third kappa shape index (κ3) is 4.27. The molecular weight excluding hydrogens is 398 g/mol. The van der Waals surface area contributed by atoms with E-state index >= 15 is 0 Å². The molecule has 1 atom stereocenters. The molecule has 160 valence electrons. The molecule has 0 aromatic heterocycles. The van der Waals surface area contributed by atoms with E-state index < -0.39 is 0 Å². The predicted octanol–water partition coefficient (Wildman–Crippen LogP) is 4.58. The van der Waals surface area contributed by atoms with Crippen molar-refractivity contribution in [2.24, 2.45) is 5.92 Å². The van der Waals surface area contributed by atoms with Crippen LogP contribution in [-0.4, -0.2) is 39.2 Å². The Labute approximate surface area is 183 Å². The fraction of sp³-hybridized carbons (Fsp3) is 0.480. The number of hydrogen-bond acceptors (Lipinski definition) is 3. The number of carbonyl (C=O) groups excluding carboxylic acids is 1. The fourth-order valence-electron chi connectivity index (χ4n) is 4.97. The number of carbonyl (C=O) groups is 1. The smallest absolute Gasteiger partial charge is 0.226 e. The van der Waals surface area contributed by atoms with Gasteiger partial charge in [0.2, 0.25) is 5.91 Å². The molecule has 0 spiro atoms. The summed E-state index contributed by atoms with van der Waals surface area (Å²) in [6, 6.07) is 13.8. The zero-order chi connectivity index (χ0) is 21.3. The number of hydrogen-bond donors (Lipinski definition) is 2. The molecule has 2 aromatic carbocycles. The van der Waals surface area contributed by atoms with Gasteiger partial charge in [0.15, 0.2) is 0 Å². The van der Waals surface area contributed by atoms with Crippen LogP contribution < -0.4 is 0 Å². The van der Waals surface area contributed by atoms with Gasteiger partial charge in [-0.2, -0.15) is 0 Å². The van der Waals surface area contributed by atoms with Crippen molar-refractivity contribution in [3.05, 3.63) is 58.6 Å². The number of aliphatic hydroxyl groups is 2. The SMILES string of the molecule is CC1(N2CCC(Cc3ccc(-c4cccc(CO)c4)cc3Cl)C2=O)CCC(O)CC1. The molecule has 2 aromatic rings. The van der Waals surface area contributed by atoms with Crippen molar-refractivity contribution in [2.75, 3.05) is 6.54 Å². The van der Waals surface area contributed by atoms with Gasteiger partial charge in [0.25, 0.3) is 0 Å². The van der Waals surface area contributed by atoms with E-state index in [1.54, 1.807) is 0 Å². The van der Waals surface area contributed by atoms with Crippen LogP contribution in [0.5, 0.6) is 0 Å². The Hall–Kier alpha value is -1.88. The summed E-state index contributed by atoms with van der Waals surface area (Å²) in [7, 11) is 0. The minimum Gasteiger partial charge on any atom is -0.393 e. The highest BCUT2D eigenvalue weighted by Gasteiger charge is 2.44. The van der Waals surface area contributed by atoms with Gasteiger partial charge in [-0.3, -0.25) is 4.79 Å². The summed E-state index contributed by atoms with van der Waals surface area (Å²) in [5.74, 6) is 0.194. The Bertz CT molecular complexity index is 920. The second kappa shape index (κ2) is 8.70. The van der Waals surface area contributed by atoms with Crippen LogP contribution in [0.3, 0.4) is 0 Å². The minimum absolute atomic E-state index is 0.0117. The van der Waals surface area contributed by atoms with Crippen molar-refractivity contribution in [2.45, 2.75) is 63.7 Å². The van der Waals surface area contributed by atoms with Crippen molar-refractivity contribution in [1.29, 1.82) is 0 Å². The van der Waals surface area contributed by atoms with Gasteiger partial charge in [0.05, 0.1) is 12.7 Å². The van der Waals surface area contributed by atoms with Gasteiger partial charge in [0, 0.05) is 23.0 Å². The second-order valence-electron chi connectivity index (χ2n) is 9.07. The molecule has 2 aliphatic rings. The summed E-state index contributed by atoms with van der Waals surface area (Å²) in [6.07, 6.45) is 4.58. The number of benzene rings is 2. The number of amides is 1. The molecule has 1 unspecified atom stereocenters. The third-order valence-corrected chi connectivity index (χ3v) is 7.31. The van der Waals surface area contributed by atoms with Gasteiger partial charge < -0.3 is 15.1 Å². The van der Waals surface area contributed by atoms with Gasteiger partial charge in [-0.1, -0.05) is 41.9 Å². The monoisotopic (exact) mass is 427 g/mol. The molecule has 1 aliphatic carbocycles. The molecule has 1 amide bonds. The molecule has 1 saturated heterocycles. The van der Waals surface area contributed by atoms with Crippen molar-refractivity contribution < 1.29 is 15.0 Å². The first-order valence-corrected chi connectivity index (χ1v) is 11.3. The van der Waals surface area contributed by atoms with E-state index in [1.165, 1.54) is 0 Å². The molecule has 30 heavy (non-hydrogen) atoms. The Morgan fingerprint density at radius 3 is 2.53 bits per heavy atom. The fourth-order valence-corrected chi connectivity index (χ4v) is 5.22. The van der Waals surface area contributed by atoms with Crippen LogP contribution in [-0.2, 0) is 17.8 Å². The largest absolute Gasteiger partial charge is 0.393 e. The molecule has 0 radical (unpaired) electrons. The van der Waals surface area contributed by atoms with E-state index in [1.807, 2.05) is 42.5 Å². The average Bonchev–Trinajstić information content (AvgIpc) is 3.13. The van der Waals surface area contributed by atoms with Crippen LogP contribution in [0.15, 0.2) is 42.5 Å². The highest BCUT2D eigenvalue weighted by Crippen LogP contribution is 2.39. The highest BCUT2D eigenvalue weighted by molar-refractivity contribution is 6.31. The normalized spacial score (nSPS) is 26.9. The number of likely N-dealkylation sites (tertiary alicyclic amines) is 1. The van der Waals surface area contributed by atoms with Gasteiger partial charge in [-0.15, -0.1) is 0 Å². The summed E-state index contributed by atoms with van der Waals surface area (Å²) in [4.78, 5) is 15.2. The molecule has 1 aliphatic heterocycles.